The van der Waals surface area contributed by atoms with Gasteiger partial charge >= 0.3 is 88.7 Å². The summed E-state index contributed by atoms with van der Waals surface area (Å²) >= 11 is 0. The van der Waals surface area contributed by atoms with Gasteiger partial charge in [-0.15, -0.1) is 5.10 Å². The van der Waals surface area contributed by atoms with E-state index in [1.807, 2.05) is 13.8 Å². The third kappa shape index (κ3) is 19.1. The third-order valence-electron chi connectivity index (χ3n) is 11.3. The first-order valence-electron chi connectivity index (χ1n) is 21.2. The molecule has 0 spiro atoms. The number of likely N-dealkylation sites (tertiary alicyclic amines) is 1. The number of carboxylic acids is 2. The molecule has 5 heterocycles. The average Bonchev–Trinajstić information content (AvgIpc) is 3.94. The van der Waals surface area contributed by atoms with E-state index in [-0.39, 0.29) is 165 Å². The van der Waals surface area contributed by atoms with Crippen molar-refractivity contribution in [2.45, 2.75) is 146 Å². The summed E-state index contributed by atoms with van der Waals surface area (Å²) in [6.07, 6.45) is -15.8. The van der Waals surface area contributed by atoms with Crippen LogP contribution in [0, 0.1) is 18.8 Å². The van der Waals surface area contributed by atoms with Crippen LogP contribution in [-0.4, -0.2) is 199 Å². The summed E-state index contributed by atoms with van der Waals surface area (Å²) in [5.41, 5.74) is 0.409. The van der Waals surface area contributed by atoms with Crippen molar-refractivity contribution in [3.8, 4) is 0 Å². The Morgan fingerprint density at radius 3 is 2.03 bits per heavy atom. The number of carboxylic acid groups (broad SMARTS) is 2. The monoisotopic (exact) mass is 1040 g/mol. The summed E-state index contributed by atoms with van der Waals surface area (Å²) in [5.74, 6) is -5.00. The van der Waals surface area contributed by atoms with Gasteiger partial charge in [-0.1, -0.05) is 19.1 Å². The van der Waals surface area contributed by atoms with E-state index >= 15 is 0 Å². The fraction of sp³-hybridized carbons (Fsp3) is 0.789. The molecule has 4 saturated heterocycles. The molecule has 69 heavy (non-hydrogen) atoms. The predicted molar refractivity (Wildman–Crippen MR) is 207 cm³/mol. The van der Waals surface area contributed by atoms with Gasteiger partial charge in [0.2, 0.25) is 28.1 Å². The third-order valence-corrected chi connectivity index (χ3v) is 11.3. The maximum atomic E-state index is 14.6. The number of aliphatic hydroxyl groups is 4. The largest absolute Gasteiger partial charge is 1.00 e. The van der Waals surface area contributed by atoms with Gasteiger partial charge in [0.05, 0.1) is 75.2 Å². The summed E-state index contributed by atoms with van der Waals surface area (Å²) in [5, 5.41) is 71.9. The Morgan fingerprint density at radius 2 is 1.46 bits per heavy atom. The predicted octanol–water partition coefficient (Wildman–Crippen LogP) is -14.3. The van der Waals surface area contributed by atoms with Crippen molar-refractivity contribution in [2.24, 2.45) is 11.8 Å². The second-order valence-electron chi connectivity index (χ2n) is 15.8. The summed E-state index contributed by atoms with van der Waals surface area (Å²) < 4.78 is 81.3. The molecule has 3 amide bonds. The minimum Gasteiger partial charge on any atom is -0.726 e. The fourth-order valence-corrected chi connectivity index (χ4v) is 7.95. The number of carbonyl (C=O) groups excluding carboxylic acids is 5. The topological polar surface area (TPSA) is 382 Å². The number of aromatic nitrogens is 3. The number of rotatable bonds is 23. The first-order chi connectivity index (χ1) is 31.1. The molecule has 1 aromatic rings. The molecule has 0 saturated carbocycles. The smallest absolute Gasteiger partial charge is 0.726 e. The van der Waals surface area contributed by atoms with E-state index in [1.165, 1.54) is 14.5 Å². The normalized spacial score (nSPS) is 30.8. The second kappa shape index (κ2) is 31.1. The molecule has 0 aromatic carbocycles. The molecule has 0 bridgehead atoms. The molecule has 4 aliphatic rings. The van der Waals surface area contributed by atoms with Gasteiger partial charge in [-0.2, -0.15) is 0 Å². The second-order valence-corrected chi connectivity index (χ2v) is 16.7. The standard InChI is InChI=1S/C38H57FN5O17.3Na.H2O4S/c1-4-21-25-26(22(5-2)59-21)35(53)44(34(25)52)12-8-6-7-11-42(23(45)9-10-24(46)47)17-20-18-43(41-40-20)13-14-56-15-16-57-38-31(51)30(50)32(33(61-38)36(54)55)60-37-27(39)29(49)28(48)19(3)58-37;;;;1-5(2,3)4/h18-19,21-22,25-33,37-38,48-51H,3-17H2,1-2H3,(H,46,47)(H,54,55);;;;(H2,1,2,3,4)/q-1;3*+1;/p-3/t19?,21-,22+,25+,26-,27?,28-,29-,30-,31?,32+,33?,37-,38-;;;;/m1..../s1. The molecule has 376 valence electrons. The Morgan fingerprint density at radius 1 is 0.855 bits per heavy atom. The molecule has 0 radical (unpaired) electrons. The molecule has 5 rings (SSSR count). The van der Waals surface area contributed by atoms with E-state index in [0.717, 1.165) is 0 Å². The Labute approximate surface area is 463 Å². The maximum Gasteiger partial charge on any atom is 1.00 e. The van der Waals surface area contributed by atoms with E-state index in [9.17, 15) is 59.0 Å². The van der Waals surface area contributed by atoms with Gasteiger partial charge in [-0.3, -0.25) is 23.8 Å². The average molecular weight is 1040 g/mol. The molecule has 0 aliphatic carbocycles. The van der Waals surface area contributed by atoms with E-state index in [2.05, 4.69) is 17.2 Å². The minimum atomic E-state index is -4.92. The van der Waals surface area contributed by atoms with Crippen LogP contribution in [0.4, 0.5) is 4.39 Å². The number of aliphatic hydroxyl groups excluding tert-OH is 4. The summed E-state index contributed by atoms with van der Waals surface area (Å²) in [4.78, 5) is 65.0. The zero-order valence-corrected chi connectivity index (χ0v) is 45.9. The van der Waals surface area contributed by atoms with Crippen molar-refractivity contribution >= 4 is 40.1 Å². The Bertz CT molecular complexity index is 1880. The number of hydrogen-bond donors (Lipinski definition) is 5. The van der Waals surface area contributed by atoms with E-state index < -0.39 is 108 Å². The van der Waals surface area contributed by atoms with Gasteiger partial charge < -0.3 is 85.0 Å². The van der Waals surface area contributed by atoms with Gasteiger partial charge in [0.1, 0.15) is 36.2 Å². The molecule has 4 aliphatic heterocycles. The number of unbranched alkanes of at least 4 members (excludes halogenated alkanes) is 2. The van der Waals surface area contributed by atoms with Crippen molar-refractivity contribution in [2.75, 3.05) is 32.9 Å². The molecule has 4 unspecified atom stereocenters. The molecule has 31 heteroatoms. The van der Waals surface area contributed by atoms with Crippen molar-refractivity contribution in [1.82, 2.24) is 24.8 Å². The molecule has 1 aromatic heterocycles. The number of carbonyl (C=O) groups is 5. The number of aliphatic carboxylic acids is 2. The zero-order valence-electron chi connectivity index (χ0n) is 39.1. The van der Waals surface area contributed by atoms with E-state index in [0.29, 0.717) is 37.8 Å². The molecule has 5 N–H and O–H groups in total. The first kappa shape index (κ1) is 66.1. The first-order valence-corrected chi connectivity index (χ1v) is 22.6. The number of imide groups is 1. The van der Waals surface area contributed by atoms with Gasteiger partial charge in [0.25, 0.3) is 0 Å². The van der Waals surface area contributed by atoms with Crippen LogP contribution in [-0.2, 0) is 75.9 Å². The Balaban J connectivity index is 0.00000282. The molecular weight excluding hydrogens is 982 g/mol. The van der Waals surface area contributed by atoms with Crippen LogP contribution in [0.5, 0.6) is 0 Å². The minimum absolute atomic E-state index is 0. The summed E-state index contributed by atoms with van der Waals surface area (Å²) in [6, 6.07) is 0. The number of alkyl halides is 1. The van der Waals surface area contributed by atoms with Crippen LogP contribution in [0.15, 0.2) is 6.20 Å². The Kier molecular flexibility index (Phi) is 29.8. The van der Waals surface area contributed by atoms with Gasteiger partial charge in [0.15, 0.2) is 18.8 Å². The van der Waals surface area contributed by atoms with Crippen LogP contribution in [0.25, 0.3) is 0 Å². The SMILES string of the molecule is O=S(=O)([O-])O.[CH2-]C1O[C@H](O[C@@H]2C(C(=O)[O-])O[C@@H](OCCOCCn3cc(CN(CCCCCN4C(=O)[C@@H]5[C@H](C4=O)[C@H](CC)O[C@@H]5CC)C(=O)CCC(=O)[O-])nn3)C(O)[C@H]2O)C(F)[C@@H](O)[C@@H]1O.[Na+].[Na+].[Na+]. The van der Waals surface area contributed by atoms with Crippen LogP contribution in [0.2, 0.25) is 0 Å². The van der Waals surface area contributed by atoms with Crippen LogP contribution >= 0.6 is 0 Å². The van der Waals surface area contributed by atoms with Gasteiger partial charge in [-0.05, 0) is 44.6 Å². The van der Waals surface area contributed by atoms with E-state index in [4.69, 9.17) is 45.9 Å². The molecule has 14 atom stereocenters. The number of fused-ring (bicyclic) bond motifs is 1. The zero-order chi connectivity index (χ0) is 49.0. The van der Waals surface area contributed by atoms with Crippen molar-refractivity contribution in [3.63, 3.8) is 0 Å². The van der Waals surface area contributed by atoms with Crippen molar-refractivity contribution < 1.29 is 194 Å². The molecule has 26 nitrogen and oxygen atoms in total. The van der Waals surface area contributed by atoms with Gasteiger partial charge in [0, 0.05) is 25.5 Å². The van der Waals surface area contributed by atoms with E-state index in [1.54, 1.807) is 6.20 Å². The van der Waals surface area contributed by atoms with Crippen molar-refractivity contribution in [3.05, 3.63) is 18.8 Å². The van der Waals surface area contributed by atoms with Crippen LogP contribution < -0.4 is 98.9 Å². The quantitative estimate of drug-likeness (QED) is 0.0170. The summed E-state index contributed by atoms with van der Waals surface area (Å²) in [6.45, 7) is 7.73. The molecule has 4 fully saturated rings. The number of halogens is 1. The number of hydrogen-bond acceptors (Lipinski definition) is 22. The van der Waals surface area contributed by atoms with Crippen LogP contribution in [0.1, 0.15) is 64.5 Å². The molecular formula is C38H56FN5Na3O21S-. The fourth-order valence-electron chi connectivity index (χ4n) is 7.95. The number of nitrogens with zero attached hydrogens (tertiary/aromatic N) is 5. The van der Waals surface area contributed by atoms with Gasteiger partial charge in [-0.25, -0.2) is 17.5 Å². The Hall–Kier alpha value is -0.910. The van der Waals surface area contributed by atoms with Crippen LogP contribution in [0.3, 0.4) is 0 Å². The number of amides is 3. The maximum absolute atomic E-state index is 14.6. The summed E-state index contributed by atoms with van der Waals surface area (Å²) in [7, 11) is -4.92. The number of ether oxygens (including phenoxy) is 6. The van der Waals surface area contributed by atoms with Crippen molar-refractivity contribution in [1.29, 1.82) is 0 Å².